The fraction of sp³-hybridized carbons (Fsp3) is 0.429. The van der Waals surface area contributed by atoms with Gasteiger partial charge in [-0.3, -0.25) is 0 Å². The number of allylic oxidation sites excluding steroid dienone is 2. The number of hydrogen-bond acceptors (Lipinski definition) is 4. The van der Waals surface area contributed by atoms with Crippen molar-refractivity contribution in [1.29, 1.82) is 0 Å². The van der Waals surface area contributed by atoms with E-state index >= 15 is 0 Å². The number of halogens is 2. The number of nitrogens with zero attached hydrogens (tertiary/aromatic N) is 2. The Kier molecular flexibility index (Phi) is 5.78. The van der Waals surface area contributed by atoms with Crippen molar-refractivity contribution in [2.45, 2.75) is 62.6 Å². The van der Waals surface area contributed by atoms with Crippen LogP contribution in [0.5, 0.6) is 0 Å². The molecule has 4 aliphatic rings. The Labute approximate surface area is 200 Å². The van der Waals surface area contributed by atoms with E-state index in [1.54, 1.807) is 12.3 Å². The average molecular weight is 466 g/mol. The summed E-state index contributed by atoms with van der Waals surface area (Å²) in [6.45, 7) is 13.1. The molecule has 3 atom stereocenters. The van der Waals surface area contributed by atoms with E-state index in [-0.39, 0.29) is 5.76 Å². The summed E-state index contributed by atoms with van der Waals surface area (Å²) in [7, 11) is 0. The summed E-state index contributed by atoms with van der Waals surface area (Å²) in [5, 5.41) is 14.2. The first kappa shape index (κ1) is 22.8. The van der Waals surface area contributed by atoms with Crippen LogP contribution in [-0.4, -0.2) is 33.5 Å². The number of hydrogen-bond donors (Lipinski definition) is 2. The van der Waals surface area contributed by atoms with Crippen LogP contribution in [0.2, 0.25) is 0 Å². The van der Waals surface area contributed by atoms with Crippen molar-refractivity contribution < 1.29 is 13.9 Å². The van der Waals surface area contributed by atoms with E-state index in [4.69, 9.17) is 0 Å². The highest BCUT2D eigenvalue weighted by Gasteiger charge is 2.47. The predicted octanol–water partition coefficient (Wildman–Crippen LogP) is 5.99. The molecule has 4 fully saturated rings. The van der Waals surface area contributed by atoms with Gasteiger partial charge in [-0.15, -0.1) is 0 Å². The first-order valence-electron chi connectivity index (χ1n) is 12.2. The number of fused-ring (bicyclic) bond motifs is 4. The number of benzene rings is 1. The normalized spacial score (nSPS) is 29.0. The van der Waals surface area contributed by atoms with Crippen molar-refractivity contribution in [3.05, 3.63) is 96.3 Å². The molecule has 6 heteroatoms. The molecule has 34 heavy (non-hydrogen) atoms. The molecule has 0 spiro atoms. The molecule has 4 nitrogen and oxygen atoms in total. The van der Waals surface area contributed by atoms with Crippen molar-refractivity contribution in [1.82, 2.24) is 15.1 Å². The largest absolute Gasteiger partial charge is 0.504 e. The number of piperazine rings is 1. The highest BCUT2D eigenvalue weighted by molar-refractivity contribution is 5.38. The molecule has 3 unspecified atom stereocenters. The van der Waals surface area contributed by atoms with Crippen LogP contribution in [0.25, 0.3) is 0 Å². The van der Waals surface area contributed by atoms with Gasteiger partial charge in [0, 0.05) is 36.5 Å². The Hall–Kier alpha value is -3.02. The molecule has 2 saturated heterocycles. The summed E-state index contributed by atoms with van der Waals surface area (Å²) in [6, 6.07) is 4.51. The number of aliphatic hydroxyl groups is 1. The molecule has 0 amide bonds. The molecule has 2 N–H and O–H groups in total. The van der Waals surface area contributed by atoms with E-state index in [1.165, 1.54) is 37.8 Å². The summed E-state index contributed by atoms with van der Waals surface area (Å²) in [4.78, 5) is 4.53. The van der Waals surface area contributed by atoms with Gasteiger partial charge in [-0.25, -0.2) is 8.78 Å². The van der Waals surface area contributed by atoms with Crippen LogP contribution in [0.4, 0.5) is 8.78 Å². The van der Waals surface area contributed by atoms with Gasteiger partial charge in [-0.05, 0) is 50.2 Å². The van der Waals surface area contributed by atoms with Crippen molar-refractivity contribution in [2.75, 3.05) is 6.54 Å². The third-order valence-electron chi connectivity index (χ3n) is 7.92. The summed E-state index contributed by atoms with van der Waals surface area (Å²) < 4.78 is 27.8. The van der Waals surface area contributed by atoms with Crippen LogP contribution in [0, 0.1) is 17.6 Å². The molecule has 2 bridgehead atoms. The molecule has 5 rings (SSSR count). The van der Waals surface area contributed by atoms with Gasteiger partial charge in [0.2, 0.25) is 0 Å². The maximum atomic E-state index is 14.4. The molecule has 1 aromatic carbocycles. The van der Waals surface area contributed by atoms with E-state index in [0.717, 1.165) is 36.3 Å². The van der Waals surface area contributed by atoms with Crippen LogP contribution in [0.1, 0.15) is 50.5 Å². The van der Waals surface area contributed by atoms with Crippen LogP contribution < -0.4 is 5.32 Å². The highest BCUT2D eigenvalue weighted by Crippen LogP contribution is 2.48. The molecular weight excluding hydrogens is 432 g/mol. The maximum absolute atomic E-state index is 14.4. The Bertz CT molecular complexity index is 1090. The van der Waals surface area contributed by atoms with Crippen molar-refractivity contribution >= 4 is 0 Å². The standard InChI is InChI=1S/C28H33F2N3O/c1-4-6-26-19(3)33-22-8-5-7-20(13-22)14-23(33)16-32(26)17-27(34)18(2)31-28(11-12-28)24-10-9-21(29)15-25(24)30/h4,6,9-10,15,17,20,22-23,31,34H,1-3,5,7-8,11-14,16H2/b26-6-,27-17-. The van der Waals surface area contributed by atoms with Crippen LogP contribution >= 0.6 is 0 Å². The van der Waals surface area contributed by atoms with Gasteiger partial charge in [-0.2, -0.15) is 0 Å². The third kappa shape index (κ3) is 4.04. The minimum absolute atomic E-state index is 0.0130. The van der Waals surface area contributed by atoms with Crippen LogP contribution in [0.3, 0.4) is 0 Å². The monoisotopic (exact) mass is 465 g/mol. The number of aliphatic hydroxyl groups excluding tert-OH is 1. The molecule has 180 valence electrons. The van der Waals surface area contributed by atoms with Crippen molar-refractivity contribution in [3.8, 4) is 0 Å². The second-order valence-corrected chi connectivity index (χ2v) is 10.2. The minimum Gasteiger partial charge on any atom is -0.504 e. The summed E-state index contributed by atoms with van der Waals surface area (Å²) in [5.74, 6) is -0.450. The lowest BCUT2D eigenvalue weighted by Crippen LogP contribution is -2.57. The lowest BCUT2D eigenvalue weighted by molar-refractivity contribution is 0.0251. The summed E-state index contributed by atoms with van der Waals surface area (Å²) in [5.41, 5.74) is 1.93. The molecule has 0 radical (unpaired) electrons. The maximum Gasteiger partial charge on any atom is 0.154 e. The smallest absolute Gasteiger partial charge is 0.154 e. The molecular formula is C28H33F2N3O. The van der Waals surface area contributed by atoms with E-state index in [9.17, 15) is 13.9 Å². The molecule has 2 aliphatic carbocycles. The zero-order chi connectivity index (χ0) is 24.0. The molecule has 2 aliphatic heterocycles. The fourth-order valence-corrected chi connectivity index (χ4v) is 6.22. The Morgan fingerprint density at radius 1 is 1.18 bits per heavy atom. The van der Waals surface area contributed by atoms with Gasteiger partial charge >= 0.3 is 0 Å². The Balaban J connectivity index is 1.36. The second kappa shape index (κ2) is 8.64. The van der Waals surface area contributed by atoms with Gasteiger partial charge < -0.3 is 20.2 Å². The summed E-state index contributed by atoms with van der Waals surface area (Å²) >= 11 is 0. The third-order valence-corrected chi connectivity index (χ3v) is 7.92. The van der Waals surface area contributed by atoms with Crippen molar-refractivity contribution in [3.63, 3.8) is 0 Å². The van der Waals surface area contributed by atoms with Gasteiger partial charge in [0.25, 0.3) is 0 Å². The lowest BCUT2D eigenvalue weighted by Gasteiger charge is -2.55. The zero-order valence-electron chi connectivity index (χ0n) is 19.6. The first-order chi connectivity index (χ1) is 16.3. The fourth-order valence-electron chi connectivity index (χ4n) is 6.22. The summed E-state index contributed by atoms with van der Waals surface area (Å²) in [6.07, 6.45) is 12.9. The zero-order valence-corrected chi connectivity index (χ0v) is 19.6. The first-order valence-corrected chi connectivity index (χ1v) is 12.2. The number of nitrogens with one attached hydrogen (secondary N) is 1. The second-order valence-electron chi connectivity index (χ2n) is 10.2. The predicted molar refractivity (Wildman–Crippen MR) is 130 cm³/mol. The minimum atomic E-state index is -0.667. The topological polar surface area (TPSA) is 38.7 Å². The molecule has 1 aromatic rings. The van der Waals surface area contributed by atoms with E-state index in [1.807, 2.05) is 11.0 Å². The number of rotatable bonds is 6. The lowest BCUT2D eigenvalue weighted by atomic mass is 9.75. The Morgan fingerprint density at radius 2 is 1.94 bits per heavy atom. The average Bonchev–Trinajstić information content (AvgIpc) is 3.56. The van der Waals surface area contributed by atoms with Crippen molar-refractivity contribution in [2.24, 2.45) is 5.92 Å². The van der Waals surface area contributed by atoms with Crippen LogP contribution in [-0.2, 0) is 5.54 Å². The van der Waals surface area contributed by atoms with Gasteiger partial charge in [0.05, 0.1) is 22.6 Å². The Morgan fingerprint density at radius 3 is 2.65 bits per heavy atom. The van der Waals surface area contributed by atoms with Gasteiger partial charge in [0.1, 0.15) is 11.6 Å². The van der Waals surface area contributed by atoms with Gasteiger partial charge in [0.15, 0.2) is 5.76 Å². The quantitative estimate of drug-likeness (QED) is 0.400. The molecule has 2 saturated carbocycles. The molecule has 0 aromatic heterocycles. The SMILES string of the molecule is C=C/C=C1/C(=C)N2C3CCCC(C3)CC2CN1/C=C(\O)C(=C)NC1(c2ccc(F)cc2F)CC1. The van der Waals surface area contributed by atoms with E-state index < -0.39 is 17.2 Å². The van der Waals surface area contributed by atoms with Gasteiger partial charge in [-0.1, -0.05) is 44.7 Å². The van der Waals surface area contributed by atoms with Crippen LogP contribution in [0.15, 0.2) is 79.1 Å². The number of piperidine rings is 1. The van der Waals surface area contributed by atoms with E-state index in [2.05, 4.69) is 30.0 Å². The van der Waals surface area contributed by atoms with E-state index in [0.29, 0.717) is 36.2 Å². The molecule has 2 heterocycles. The highest BCUT2D eigenvalue weighted by atomic mass is 19.1.